The maximum absolute atomic E-state index is 11.5. The molecule has 0 radical (unpaired) electrons. The second-order valence-electron chi connectivity index (χ2n) is 3.19. The molecule has 0 aliphatic rings. The van der Waals surface area contributed by atoms with Crippen molar-refractivity contribution in [3.05, 3.63) is 22.4 Å². The Labute approximate surface area is 88.7 Å². The third-order valence-corrected chi connectivity index (χ3v) is 2.93. The van der Waals surface area contributed by atoms with Crippen molar-refractivity contribution in [1.29, 1.82) is 0 Å². The van der Waals surface area contributed by atoms with Gasteiger partial charge in [0.25, 0.3) is 0 Å². The predicted octanol–water partition coefficient (Wildman–Crippen LogP) is 3.19. The fourth-order valence-electron chi connectivity index (χ4n) is 0.959. The summed E-state index contributed by atoms with van der Waals surface area (Å²) in [5, 5.41) is 1.92. The number of ketones is 1. The highest BCUT2D eigenvalue weighted by Crippen LogP contribution is 2.10. The van der Waals surface area contributed by atoms with Gasteiger partial charge in [0.15, 0.2) is 5.78 Å². The number of hydrogen-bond donors (Lipinski definition) is 0. The fraction of sp³-hybridized carbons (Fsp3) is 0.455. The molecule has 1 unspecified atom stereocenters. The molecule has 1 atom stereocenters. The number of rotatable bonds is 5. The van der Waals surface area contributed by atoms with Crippen molar-refractivity contribution < 1.29 is 4.79 Å². The quantitative estimate of drug-likeness (QED) is 0.541. The first-order chi connectivity index (χ1) is 6.74. The summed E-state index contributed by atoms with van der Waals surface area (Å²) >= 11 is 1.48. The van der Waals surface area contributed by atoms with Gasteiger partial charge in [-0.25, -0.2) is 0 Å². The van der Waals surface area contributed by atoms with E-state index < -0.39 is 0 Å². The number of carbonyl (C=O) groups excluding carboxylic acids is 1. The second-order valence-corrected chi connectivity index (χ2v) is 4.14. The third-order valence-electron chi connectivity index (χ3n) is 2.02. The normalized spacial score (nSPS) is 13.3. The summed E-state index contributed by atoms with van der Waals surface area (Å²) in [6, 6.07) is 4.07. The molecule has 1 aromatic rings. The number of Topliss-reactive ketones (excluding diaryl/α,β-unsaturated/α-hetero) is 1. The smallest absolute Gasteiger partial charge is 0.178 e. The van der Waals surface area contributed by atoms with Gasteiger partial charge in [0.1, 0.15) is 0 Å². The summed E-state index contributed by atoms with van der Waals surface area (Å²) in [5.41, 5.74) is 0. The summed E-state index contributed by atoms with van der Waals surface area (Å²) in [5.74, 6) is 0.159. The molecular weight excluding hydrogens is 194 g/mol. The predicted molar refractivity (Wildman–Crippen MR) is 61.5 cm³/mol. The first kappa shape index (κ1) is 11.1. The first-order valence-corrected chi connectivity index (χ1v) is 5.70. The molecule has 0 N–H and O–H groups in total. The van der Waals surface area contributed by atoms with Crippen molar-refractivity contribution in [2.75, 3.05) is 0 Å². The second kappa shape index (κ2) is 5.70. The number of aliphatic imine (C=N–C) groups is 1. The van der Waals surface area contributed by atoms with Gasteiger partial charge in [0.2, 0.25) is 0 Å². The van der Waals surface area contributed by atoms with Crippen LogP contribution in [-0.4, -0.2) is 18.0 Å². The van der Waals surface area contributed by atoms with Crippen LogP contribution >= 0.6 is 11.3 Å². The zero-order valence-corrected chi connectivity index (χ0v) is 9.38. The largest absolute Gasteiger partial charge is 0.294 e. The van der Waals surface area contributed by atoms with Crippen molar-refractivity contribution in [2.45, 2.75) is 32.7 Å². The van der Waals surface area contributed by atoms with Crippen molar-refractivity contribution in [3.63, 3.8) is 0 Å². The van der Waals surface area contributed by atoms with Crippen LogP contribution in [0.25, 0.3) is 0 Å². The molecule has 0 saturated carbocycles. The first-order valence-electron chi connectivity index (χ1n) is 4.82. The minimum atomic E-state index is 0.159. The molecule has 1 aromatic heterocycles. The van der Waals surface area contributed by atoms with Crippen LogP contribution in [0.2, 0.25) is 0 Å². The summed E-state index contributed by atoms with van der Waals surface area (Å²) < 4.78 is 0. The van der Waals surface area contributed by atoms with Gasteiger partial charge >= 0.3 is 0 Å². The van der Waals surface area contributed by atoms with E-state index in [-0.39, 0.29) is 5.78 Å². The van der Waals surface area contributed by atoms with E-state index >= 15 is 0 Å². The van der Waals surface area contributed by atoms with Crippen LogP contribution in [0.4, 0.5) is 0 Å². The minimum absolute atomic E-state index is 0.159. The summed E-state index contributed by atoms with van der Waals surface area (Å²) in [7, 11) is 0. The zero-order chi connectivity index (χ0) is 10.4. The molecule has 0 fully saturated rings. The molecule has 2 nitrogen and oxygen atoms in total. The van der Waals surface area contributed by atoms with Gasteiger partial charge in [-0.05, 0) is 24.8 Å². The molecule has 1 rings (SSSR count). The van der Waals surface area contributed by atoms with Crippen LogP contribution < -0.4 is 0 Å². The zero-order valence-electron chi connectivity index (χ0n) is 8.56. The van der Waals surface area contributed by atoms with Crippen LogP contribution in [0, 0.1) is 0 Å². The van der Waals surface area contributed by atoms with E-state index in [1.54, 1.807) is 6.21 Å². The molecule has 0 aromatic carbocycles. The van der Waals surface area contributed by atoms with Crippen molar-refractivity contribution >= 4 is 23.3 Å². The summed E-state index contributed by atoms with van der Waals surface area (Å²) in [4.78, 5) is 16.6. The van der Waals surface area contributed by atoms with Gasteiger partial charge in [-0.2, -0.15) is 0 Å². The third kappa shape index (κ3) is 3.42. The lowest BCUT2D eigenvalue weighted by molar-refractivity contribution is 0.101. The SMILES string of the molecule is CCC(C)N=CCC(=O)c1cccs1. The molecule has 0 aliphatic heterocycles. The Bertz CT molecular complexity index is 303. The highest BCUT2D eigenvalue weighted by atomic mass is 32.1. The monoisotopic (exact) mass is 209 g/mol. The summed E-state index contributed by atoms with van der Waals surface area (Å²) in [6.07, 6.45) is 3.17. The van der Waals surface area contributed by atoms with E-state index in [0.29, 0.717) is 12.5 Å². The van der Waals surface area contributed by atoms with Gasteiger partial charge < -0.3 is 0 Å². The molecule has 1 heterocycles. The van der Waals surface area contributed by atoms with E-state index in [9.17, 15) is 4.79 Å². The average molecular weight is 209 g/mol. The number of hydrogen-bond acceptors (Lipinski definition) is 3. The van der Waals surface area contributed by atoms with Crippen LogP contribution in [0.5, 0.6) is 0 Å². The summed E-state index contributed by atoms with van der Waals surface area (Å²) in [6.45, 7) is 4.13. The van der Waals surface area contributed by atoms with Gasteiger partial charge in [0.05, 0.1) is 4.88 Å². The standard InChI is InChI=1S/C11H15NOS/c1-3-9(2)12-7-6-10(13)11-5-4-8-14-11/h4-5,7-9H,3,6H2,1-2H3. The van der Waals surface area contributed by atoms with Crippen LogP contribution in [0.15, 0.2) is 22.5 Å². The molecule has 0 aliphatic carbocycles. The van der Waals surface area contributed by atoms with Gasteiger partial charge in [-0.15, -0.1) is 11.3 Å². The molecule has 0 bridgehead atoms. The van der Waals surface area contributed by atoms with Crippen molar-refractivity contribution in [3.8, 4) is 0 Å². The maximum atomic E-state index is 11.5. The van der Waals surface area contributed by atoms with Crippen LogP contribution in [0.1, 0.15) is 36.4 Å². The Morgan fingerprint density at radius 1 is 1.71 bits per heavy atom. The lowest BCUT2D eigenvalue weighted by Crippen LogP contribution is -1.99. The Morgan fingerprint density at radius 3 is 3.07 bits per heavy atom. The lowest BCUT2D eigenvalue weighted by Gasteiger charge is -1.98. The van der Waals surface area contributed by atoms with Crippen LogP contribution in [-0.2, 0) is 0 Å². The maximum Gasteiger partial charge on any atom is 0.178 e. The topological polar surface area (TPSA) is 29.4 Å². The van der Waals surface area contributed by atoms with Crippen molar-refractivity contribution in [2.24, 2.45) is 4.99 Å². The molecule has 0 spiro atoms. The number of thiophene rings is 1. The number of carbonyl (C=O) groups is 1. The molecule has 0 amide bonds. The molecular formula is C11H15NOS. The molecule has 3 heteroatoms. The Balaban J connectivity index is 2.39. The van der Waals surface area contributed by atoms with E-state index in [2.05, 4.69) is 11.9 Å². The van der Waals surface area contributed by atoms with Gasteiger partial charge in [-0.1, -0.05) is 13.0 Å². The molecule has 76 valence electrons. The number of nitrogens with zero attached hydrogens (tertiary/aromatic N) is 1. The minimum Gasteiger partial charge on any atom is -0.294 e. The lowest BCUT2D eigenvalue weighted by atomic mass is 10.2. The Kier molecular flexibility index (Phi) is 4.53. The van der Waals surface area contributed by atoms with Gasteiger partial charge in [0, 0.05) is 18.7 Å². The van der Waals surface area contributed by atoms with E-state index in [1.165, 1.54) is 11.3 Å². The van der Waals surface area contributed by atoms with E-state index in [0.717, 1.165) is 11.3 Å². The molecule has 0 saturated heterocycles. The van der Waals surface area contributed by atoms with Crippen LogP contribution in [0.3, 0.4) is 0 Å². The Hall–Kier alpha value is -0.960. The highest BCUT2D eigenvalue weighted by Gasteiger charge is 2.04. The van der Waals surface area contributed by atoms with Crippen molar-refractivity contribution in [1.82, 2.24) is 0 Å². The average Bonchev–Trinajstić information content (AvgIpc) is 2.70. The van der Waals surface area contributed by atoms with E-state index in [4.69, 9.17) is 0 Å². The molecule has 14 heavy (non-hydrogen) atoms. The van der Waals surface area contributed by atoms with E-state index in [1.807, 2.05) is 24.4 Å². The highest BCUT2D eigenvalue weighted by molar-refractivity contribution is 7.12. The fourth-order valence-corrected chi connectivity index (χ4v) is 1.63. The van der Waals surface area contributed by atoms with Gasteiger partial charge in [-0.3, -0.25) is 9.79 Å². The Morgan fingerprint density at radius 2 is 2.50 bits per heavy atom.